The third-order valence-electron chi connectivity index (χ3n) is 3.85. The van der Waals surface area contributed by atoms with Gasteiger partial charge in [-0.05, 0) is 12.1 Å². The fourth-order valence-electron chi connectivity index (χ4n) is 2.57. The van der Waals surface area contributed by atoms with Crippen LogP contribution in [-0.2, 0) is 0 Å². The van der Waals surface area contributed by atoms with Crippen LogP contribution in [0.3, 0.4) is 0 Å². The number of halogens is 1. The van der Waals surface area contributed by atoms with Crippen LogP contribution >= 0.6 is 11.6 Å². The molecule has 2 aromatic rings. The Kier molecular flexibility index (Phi) is 5.00. The minimum Gasteiger partial charge on any atom is -0.481 e. The van der Waals surface area contributed by atoms with Gasteiger partial charge in [-0.3, -0.25) is 5.32 Å². The summed E-state index contributed by atoms with van der Waals surface area (Å²) in [7, 11) is 1.52. The Morgan fingerprint density at radius 3 is 2.67 bits per heavy atom. The lowest BCUT2D eigenvalue weighted by molar-refractivity contribution is 0.208. The molecule has 126 valence electrons. The Morgan fingerprint density at radius 1 is 1.21 bits per heavy atom. The average Bonchev–Trinajstić information content (AvgIpc) is 2.62. The highest BCUT2D eigenvalue weighted by Crippen LogP contribution is 2.26. The number of benzene rings is 1. The van der Waals surface area contributed by atoms with Crippen molar-refractivity contribution >= 4 is 29.1 Å². The standard InChI is InChI=1S/C16H18ClN5O2/c1-24-15-10-14(18-11-19-15)20-16(23)22-8-6-21(7-9-22)13-5-3-2-4-12(13)17/h2-5,10-11H,6-9H2,1H3,(H,18,19,20,23). The molecule has 8 heteroatoms. The van der Waals surface area contributed by atoms with Gasteiger partial charge in [0.05, 0.1) is 17.8 Å². The molecule has 0 radical (unpaired) electrons. The van der Waals surface area contributed by atoms with Crippen LogP contribution in [0.1, 0.15) is 0 Å². The number of nitrogens with zero attached hydrogens (tertiary/aromatic N) is 4. The van der Waals surface area contributed by atoms with Crippen molar-refractivity contribution in [2.75, 3.05) is 43.5 Å². The van der Waals surface area contributed by atoms with Crippen LogP contribution in [0.15, 0.2) is 36.7 Å². The van der Waals surface area contributed by atoms with Crippen LogP contribution in [0.25, 0.3) is 0 Å². The first-order valence-corrected chi connectivity index (χ1v) is 7.96. The van der Waals surface area contributed by atoms with E-state index in [4.69, 9.17) is 16.3 Å². The maximum absolute atomic E-state index is 12.3. The van der Waals surface area contributed by atoms with Gasteiger partial charge in [-0.25, -0.2) is 14.8 Å². The number of urea groups is 1. The molecule has 1 N–H and O–H groups in total. The minimum absolute atomic E-state index is 0.186. The van der Waals surface area contributed by atoms with E-state index in [1.54, 1.807) is 11.0 Å². The molecule has 3 rings (SSSR count). The number of para-hydroxylation sites is 1. The molecular formula is C16H18ClN5O2. The zero-order chi connectivity index (χ0) is 16.9. The smallest absolute Gasteiger partial charge is 0.323 e. The van der Waals surface area contributed by atoms with E-state index in [0.717, 1.165) is 23.8 Å². The molecule has 24 heavy (non-hydrogen) atoms. The Bertz CT molecular complexity index is 719. The van der Waals surface area contributed by atoms with Gasteiger partial charge in [0, 0.05) is 32.2 Å². The normalized spacial score (nSPS) is 14.4. The second-order valence-corrected chi connectivity index (χ2v) is 5.71. The summed E-state index contributed by atoms with van der Waals surface area (Å²) in [4.78, 5) is 24.2. The quantitative estimate of drug-likeness (QED) is 0.923. The summed E-state index contributed by atoms with van der Waals surface area (Å²) in [6.07, 6.45) is 1.35. The molecule has 0 unspecified atom stereocenters. The zero-order valence-corrected chi connectivity index (χ0v) is 14.0. The van der Waals surface area contributed by atoms with Crippen molar-refractivity contribution in [3.63, 3.8) is 0 Å². The number of nitrogens with one attached hydrogen (secondary N) is 1. The van der Waals surface area contributed by atoms with E-state index in [-0.39, 0.29) is 6.03 Å². The summed E-state index contributed by atoms with van der Waals surface area (Å²) in [5.41, 5.74) is 1.000. The molecule has 0 saturated carbocycles. The van der Waals surface area contributed by atoms with Gasteiger partial charge in [0.25, 0.3) is 0 Å². The molecule has 1 aromatic heterocycles. The molecule has 1 aromatic carbocycles. The van der Waals surface area contributed by atoms with Crippen molar-refractivity contribution < 1.29 is 9.53 Å². The Labute approximate surface area is 145 Å². The molecule has 1 aliphatic rings. The van der Waals surface area contributed by atoms with E-state index < -0.39 is 0 Å². The molecule has 2 amide bonds. The Hall–Kier alpha value is -2.54. The molecule has 0 bridgehead atoms. The van der Waals surface area contributed by atoms with Gasteiger partial charge in [0.1, 0.15) is 12.1 Å². The molecule has 1 saturated heterocycles. The van der Waals surface area contributed by atoms with Gasteiger partial charge in [0.15, 0.2) is 0 Å². The number of ether oxygens (including phenoxy) is 1. The summed E-state index contributed by atoms with van der Waals surface area (Å²) < 4.78 is 5.02. The number of aromatic nitrogens is 2. The number of piperazine rings is 1. The lowest BCUT2D eigenvalue weighted by Gasteiger charge is -2.36. The van der Waals surface area contributed by atoms with Crippen LogP contribution in [0.5, 0.6) is 5.88 Å². The fraction of sp³-hybridized carbons (Fsp3) is 0.312. The molecule has 0 spiro atoms. The third-order valence-corrected chi connectivity index (χ3v) is 4.17. The highest BCUT2D eigenvalue weighted by molar-refractivity contribution is 6.33. The van der Waals surface area contributed by atoms with Gasteiger partial charge < -0.3 is 14.5 Å². The predicted molar refractivity (Wildman–Crippen MR) is 92.8 cm³/mol. The first-order chi connectivity index (χ1) is 11.7. The van der Waals surface area contributed by atoms with Gasteiger partial charge in [-0.15, -0.1) is 0 Å². The molecule has 0 aliphatic carbocycles. The van der Waals surface area contributed by atoms with E-state index >= 15 is 0 Å². The van der Waals surface area contributed by atoms with Crippen molar-refractivity contribution in [1.29, 1.82) is 0 Å². The summed E-state index contributed by atoms with van der Waals surface area (Å²) in [6.45, 7) is 2.67. The highest BCUT2D eigenvalue weighted by Gasteiger charge is 2.22. The first-order valence-electron chi connectivity index (χ1n) is 7.59. The fourth-order valence-corrected chi connectivity index (χ4v) is 2.82. The van der Waals surface area contributed by atoms with Crippen molar-refractivity contribution in [2.24, 2.45) is 0 Å². The van der Waals surface area contributed by atoms with Crippen LogP contribution in [0, 0.1) is 0 Å². The molecule has 1 aliphatic heterocycles. The third kappa shape index (κ3) is 3.68. The predicted octanol–water partition coefficient (Wildman–Crippen LogP) is 2.49. The first kappa shape index (κ1) is 16.3. The topological polar surface area (TPSA) is 70.6 Å². The maximum Gasteiger partial charge on any atom is 0.323 e. The number of methoxy groups -OCH3 is 1. The largest absolute Gasteiger partial charge is 0.481 e. The van der Waals surface area contributed by atoms with E-state index in [1.165, 1.54) is 13.4 Å². The van der Waals surface area contributed by atoms with Crippen LogP contribution < -0.4 is 15.0 Å². The molecule has 0 atom stereocenters. The van der Waals surface area contributed by atoms with E-state index in [1.807, 2.05) is 24.3 Å². The Balaban J connectivity index is 1.58. The van der Waals surface area contributed by atoms with Crippen molar-refractivity contribution in [3.8, 4) is 5.88 Å². The second-order valence-electron chi connectivity index (χ2n) is 5.30. The van der Waals surface area contributed by atoms with Gasteiger partial charge >= 0.3 is 6.03 Å². The molecular weight excluding hydrogens is 330 g/mol. The lowest BCUT2D eigenvalue weighted by atomic mass is 10.2. The number of hydrogen-bond acceptors (Lipinski definition) is 5. The molecule has 7 nitrogen and oxygen atoms in total. The van der Waals surface area contributed by atoms with Crippen molar-refractivity contribution in [1.82, 2.24) is 14.9 Å². The number of rotatable bonds is 3. The van der Waals surface area contributed by atoms with Crippen molar-refractivity contribution in [2.45, 2.75) is 0 Å². The van der Waals surface area contributed by atoms with E-state index in [2.05, 4.69) is 20.2 Å². The molecule has 2 heterocycles. The van der Waals surface area contributed by atoms with Gasteiger partial charge in [-0.2, -0.15) is 0 Å². The number of anilines is 2. The summed E-state index contributed by atoms with van der Waals surface area (Å²) in [6, 6.07) is 9.13. The van der Waals surface area contributed by atoms with Crippen LogP contribution in [-0.4, -0.2) is 54.2 Å². The van der Waals surface area contributed by atoms with Gasteiger partial charge in [-0.1, -0.05) is 23.7 Å². The van der Waals surface area contributed by atoms with E-state index in [0.29, 0.717) is 24.8 Å². The number of hydrogen-bond donors (Lipinski definition) is 1. The highest BCUT2D eigenvalue weighted by atomic mass is 35.5. The summed E-state index contributed by atoms with van der Waals surface area (Å²) >= 11 is 6.23. The monoisotopic (exact) mass is 347 g/mol. The number of amides is 2. The van der Waals surface area contributed by atoms with Crippen molar-refractivity contribution in [3.05, 3.63) is 41.7 Å². The SMILES string of the molecule is COc1cc(NC(=O)N2CCN(c3ccccc3Cl)CC2)ncn1. The van der Waals surface area contributed by atoms with Crippen LogP contribution in [0.2, 0.25) is 5.02 Å². The second kappa shape index (κ2) is 7.35. The average molecular weight is 348 g/mol. The number of carbonyl (C=O) groups excluding carboxylic acids is 1. The zero-order valence-electron chi connectivity index (χ0n) is 13.3. The summed E-state index contributed by atoms with van der Waals surface area (Å²) in [5.74, 6) is 0.823. The maximum atomic E-state index is 12.3. The van der Waals surface area contributed by atoms with E-state index in [9.17, 15) is 4.79 Å². The Morgan fingerprint density at radius 2 is 1.96 bits per heavy atom. The molecule has 1 fully saturated rings. The van der Waals surface area contributed by atoms with Crippen LogP contribution in [0.4, 0.5) is 16.3 Å². The minimum atomic E-state index is -0.186. The summed E-state index contributed by atoms with van der Waals surface area (Å²) in [5, 5.41) is 3.49. The lowest BCUT2D eigenvalue weighted by Crippen LogP contribution is -2.50. The number of carbonyl (C=O) groups is 1. The van der Waals surface area contributed by atoms with Gasteiger partial charge in [0.2, 0.25) is 5.88 Å².